The van der Waals surface area contributed by atoms with Gasteiger partial charge in [-0.2, -0.15) is 0 Å². The fourth-order valence-corrected chi connectivity index (χ4v) is 1.10. The summed E-state index contributed by atoms with van der Waals surface area (Å²) in [6, 6.07) is 0. The Morgan fingerprint density at radius 1 is 0.556 bits per heavy atom. The molecule has 0 atom stereocenters. The molecule has 0 saturated carbocycles. The molecule has 0 heterocycles. The lowest BCUT2D eigenvalue weighted by molar-refractivity contribution is 0.660. The van der Waals surface area contributed by atoms with E-state index < -0.39 is 0 Å². The van der Waals surface area contributed by atoms with Gasteiger partial charge in [0, 0.05) is 11.8 Å². The standard InChI is InChI=1S/C7H14Cl2/c8-6-4-2-1-3-5-7-9/h1-7H2. The second-order valence-electron chi connectivity index (χ2n) is 2.15. The summed E-state index contributed by atoms with van der Waals surface area (Å²) < 4.78 is 0. The predicted octanol–water partition coefficient (Wildman–Crippen LogP) is 3.41. The molecule has 0 rings (SSSR count). The molecule has 56 valence electrons. The van der Waals surface area contributed by atoms with E-state index in [-0.39, 0.29) is 0 Å². The Bertz CT molecular complexity index is 40.2. The largest absolute Gasteiger partial charge is 0.127 e. The minimum atomic E-state index is 0.806. The van der Waals surface area contributed by atoms with Crippen molar-refractivity contribution in [3.05, 3.63) is 0 Å². The van der Waals surface area contributed by atoms with Gasteiger partial charge in [-0.15, -0.1) is 23.2 Å². The van der Waals surface area contributed by atoms with Crippen molar-refractivity contribution in [3.63, 3.8) is 0 Å². The third-order valence-electron chi connectivity index (χ3n) is 1.27. The van der Waals surface area contributed by atoms with Gasteiger partial charge < -0.3 is 0 Å². The lowest BCUT2D eigenvalue weighted by Gasteiger charge is -1.94. The summed E-state index contributed by atoms with van der Waals surface area (Å²) in [6.45, 7) is 0. The van der Waals surface area contributed by atoms with Crippen LogP contribution in [0, 0.1) is 0 Å². The summed E-state index contributed by atoms with van der Waals surface area (Å²) >= 11 is 11.0. The monoisotopic (exact) mass is 168 g/mol. The van der Waals surface area contributed by atoms with Crippen LogP contribution in [0.15, 0.2) is 0 Å². The average molecular weight is 169 g/mol. The van der Waals surface area contributed by atoms with Crippen LogP contribution in [0.2, 0.25) is 0 Å². The summed E-state index contributed by atoms with van der Waals surface area (Å²) in [5.74, 6) is 1.61. The van der Waals surface area contributed by atoms with Crippen LogP contribution < -0.4 is 0 Å². The van der Waals surface area contributed by atoms with Crippen LogP contribution in [0.1, 0.15) is 32.1 Å². The summed E-state index contributed by atoms with van der Waals surface area (Å²) in [5, 5.41) is 0. The van der Waals surface area contributed by atoms with Gasteiger partial charge >= 0.3 is 0 Å². The molecule has 0 spiro atoms. The Labute approximate surface area is 67.5 Å². The molecule has 0 amide bonds. The first-order valence-electron chi connectivity index (χ1n) is 3.53. The van der Waals surface area contributed by atoms with Crippen LogP contribution in [-0.4, -0.2) is 11.8 Å². The SMILES string of the molecule is ClCCCCCCCCl. The molecule has 0 bridgehead atoms. The van der Waals surface area contributed by atoms with Crippen LogP contribution in [-0.2, 0) is 0 Å². The van der Waals surface area contributed by atoms with Crippen LogP contribution in [0.5, 0.6) is 0 Å². The Balaban J connectivity index is 2.60. The van der Waals surface area contributed by atoms with Gasteiger partial charge in [0.1, 0.15) is 0 Å². The van der Waals surface area contributed by atoms with E-state index in [2.05, 4.69) is 0 Å². The first-order valence-corrected chi connectivity index (χ1v) is 4.60. The lowest BCUT2D eigenvalue weighted by atomic mass is 10.2. The Morgan fingerprint density at radius 3 is 1.22 bits per heavy atom. The average Bonchev–Trinajstić information content (AvgIpc) is 1.89. The molecule has 2 heteroatoms. The molecule has 9 heavy (non-hydrogen) atoms. The van der Waals surface area contributed by atoms with Crippen molar-refractivity contribution in [2.24, 2.45) is 0 Å². The molecule has 0 N–H and O–H groups in total. The van der Waals surface area contributed by atoms with Gasteiger partial charge in [0.05, 0.1) is 0 Å². The van der Waals surface area contributed by atoms with Crippen LogP contribution >= 0.6 is 23.2 Å². The minimum Gasteiger partial charge on any atom is -0.127 e. The molecule has 0 aliphatic heterocycles. The molecule has 0 aliphatic rings. The van der Waals surface area contributed by atoms with Gasteiger partial charge in [-0.3, -0.25) is 0 Å². The maximum Gasteiger partial charge on any atom is 0.0223 e. The fourth-order valence-electron chi connectivity index (χ4n) is 0.719. The van der Waals surface area contributed by atoms with Crippen molar-refractivity contribution in [2.75, 3.05) is 11.8 Å². The number of unbranched alkanes of at least 4 members (excludes halogenated alkanes) is 4. The van der Waals surface area contributed by atoms with Crippen LogP contribution in [0.4, 0.5) is 0 Å². The topological polar surface area (TPSA) is 0 Å². The van der Waals surface area contributed by atoms with E-state index in [1.165, 1.54) is 19.3 Å². The molecular weight excluding hydrogens is 155 g/mol. The molecule has 0 aromatic carbocycles. The second-order valence-corrected chi connectivity index (χ2v) is 2.90. The zero-order chi connectivity index (χ0) is 6.95. The fraction of sp³-hybridized carbons (Fsp3) is 1.00. The Hall–Kier alpha value is 0.580. The number of halogens is 2. The quantitative estimate of drug-likeness (QED) is 0.422. The van der Waals surface area contributed by atoms with E-state index in [0.29, 0.717) is 0 Å². The molecule has 0 saturated heterocycles. The highest BCUT2D eigenvalue weighted by Gasteiger charge is 1.87. The zero-order valence-corrected chi connectivity index (χ0v) is 7.22. The number of rotatable bonds is 6. The molecule has 0 fully saturated rings. The van der Waals surface area contributed by atoms with Crippen molar-refractivity contribution < 1.29 is 0 Å². The Kier molecular flexibility index (Phi) is 9.13. The summed E-state index contributed by atoms with van der Waals surface area (Å²) in [5.41, 5.74) is 0. The first kappa shape index (κ1) is 9.58. The molecule has 0 aromatic heterocycles. The number of hydrogen-bond donors (Lipinski definition) is 0. The molecular formula is C7H14Cl2. The van der Waals surface area contributed by atoms with Gasteiger partial charge in [0.25, 0.3) is 0 Å². The van der Waals surface area contributed by atoms with Gasteiger partial charge in [-0.25, -0.2) is 0 Å². The van der Waals surface area contributed by atoms with E-state index in [4.69, 9.17) is 23.2 Å². The predicted molar refractivity (Wildman–Crippen MR) is 44.5 cm³/mol. The first-order chi connectivity index (χ1) is 4.41. The van der Waals surface area contributed by atoms with E-state index >= 15 is 0 Å². The van der Waals surface area contributed by atoms with Crippen molar-refractivity contribution in [2.45, 2.75) is 32.1 Å². The highest BCUT2D eigenvalue weighted by atomic mass is 35.5. The molecule has 0 aromatic rings. The maximum atomic E-state index is 5.49. The summed E-state index contributed by atoms with van der Waals surface area (Å²) in [7, 11) is 0. The number of alkyl halides is 2. The molecule has 0 unspecified atom stereocenters. The van der Waals surface area contributed by atoms with Gasteiger partial charge in [0.2, 0.25) is 0 Å². The van der Waals surface area contributed by atoms with Gasteiger partial charge in [-0.05, 0) is 12.8 Å². The highest BCUT2D eigenvalue weighted by molar-refractivity contribution is 6.18. The van der Waals surface area contributed by atoms with E-state index in [1.807, 2.05) is 0 Å². The molecule has 0 aliphatic carbocycles. The zero-order valence-electron chi connectivity index (χ0n) is 5.71. The van der Waals surface area contributed by atoms with Crippen LogP contribution in [0.3, 0.4) is 0 Å². The smallest absolute Gasteiger partial charge is 0.0223 e. The summed E-state index contributed by atoms with van der Waals surface area (Å²) in [4.78, 5) is 0. The normalized spacial score (nSPS) is 10.0. The van der Waals surface area contributed by atoms with Gasteiger partial charge in [0.15, 0.2) is 0 Å². The Morgan fingerprint density at radius 2 is 0.889 bits per heavy atom. The third kappa shape index (κ3) is 8.58. The van der Waals surface area contributed by atoms with Crippen molar-refractivity contribution in [1.82, 2.24) is 0 Å². The third-order valence-corrected chi connectivity index (χ3v) is 1.80. The van der Waals surface area contributed by atoms with Crippen molar-refractivity contribution in [3.8, 4) is 0 Å². The van der Waals surface area contributed by atoms with Gasteiger partial charge in [-0.1, -0.05) is 19.3 Å². The van der Waals surface area contributed by atoms with E-state index in [0.717, 1.165) is 24.6 Å². The minimum absolute atomic E-state index is 0.806. The summed E-state index contributed by atoms with van der Waals surface area (Å²) in [6.07, 6.45) is 6.13. The van der Waals surface area contributed by atoms with E-state index in [9.17, 15) is 0 Å². The van der Waals surface area contributed by atoms with Crippen molar-refractivity contribution >= 4 is 23.2 Å². The maximum absolute atomic E-state index is 5.49. The highest BCUT2D eigenvalue weighted by Crippen LogP contribution is 2.03. The number of hydrogen-bond acceptors (Lipinski definition) is 0. The lowest BCUT2D eigenvalue weighted by Crippen LogP contribution is -1.80. The van der Waals surface area contributed by atoms with Crippen molar-refractivity contribution in [1.29, 1.82) is 0 Å². The van der Waals surface area contributed by atoms with E-state index in [1.54, 1.807) is 0 Å². The van der Waals surface area contributed by atoms with Crippen LogP contribution in [0.25, 0.3) is 0 Å². The molecule has 0 nitrogen and oxygen atoms in total. The molecule has 0 radical (unpaired) electrons. The second kappa shape index (κ2) is 8.58.